The molecule has 0 aliphatic rings. The minimum atomic E-state index is -0.309. The second-order valence-corrected chi connectivity index (χ2v) is 8.90. The SMILES string of the molecule is O=C(CSc1nnc(-c2ccc(F)cc2)n1-c1ccccc1)NCCSc1ccccc1. The van der Waals surface area contributed by atoms with Crippen molar-refractivity contribution in [1.82, 2.24) is 20.1 Å². The predicted molar refractivity (Wildman–Crippen MR) is 128 cm³/mol. The minimum Gasteiger partial charge on any atom is -0.355 e. The molecule has 0 bridgehead atoms. The molecular formula is C24H21FN4OS2. The predicted octanol–water partition coefficient (Wildman–Crippen LogP) is 5.07. The maximum Gasteiger partial charge on any atom is 0.230 e. The van der Waals surface area contributed by atoms with E-state index >= 15 is 0 Å². The van der Waals surface area contributed by atoms with E-state index in [9.17, 15) is 9.18 Å². The van der Waals surface area contributed by atoms with Gasteiger partial charge in [0.2, 0.25) is 5.91 Å². The number of nitrogens with one attached hydrogen (secondary N) is 1. The lowest BCUT2D eigenvalue weighted by molar-refractivity contribution is -0.118. The Kier molecular flexibility index (Phi) is 7.58. The average molecular weight is 465 g/mol. The number of aromatic nitrogens is 3. The Labute approximate surface area is 194 Å². The van der Waals surface area contributed by atoms with Gasteiger partial charge in [-0.15, -0.1) is 22.0 Å². The molecule has 1 aromatic heterocycles. The fourth-order valence-corrected chi connectivity index (χ4v) is 4.59. The smallest absolute Gasteiger partial charge is 0.230 e. The highest BCUT2D eigenvalue weighted by molar-refractivity contribution is 7.99. The van der Waals surface area contributed by atoms with Crippen molar-refractivity contribution in [1.29, 1.82) is 0 Å². The van der Waals surface area contributed by atoms with Crippen molar-refractivity contribution in [3.8, 4) is 17.1 Å². The standard InChI is InChI=1S/C24H21FN4OS2/c25-19-13-11-18(12-14-19)23-27-28-24(29(23)20-7-3-1-4-8-20)32-17-22(30)26-15-16-31-21-9-5-2-6-10-21/h1-14H,15-17H2,(H,26,30). The van der Waals surface area contributed by atoms with Gasteiger partial charge in [-0.05, 0) is 48.5 Å². The van der Waals surface area contributed by atoms with Crippen LogP contribution >= 0.6 is 23.5 Å². The number of hydrogen-bond acceptors (Lipinski definition) is 5. The summed E-state index contributed by atoms with van der Waals surface area (Å²) in [4.78, 5) is 13.5. The maximum absolute atomic E-state index is 13.4. The molecule has 0 unspecified atom stereocenters. The van der Waals surface area contributed by atoms with Gasteiger partial charge in [0, 0.05) is 28.4 Å². The van der Waals surface area contributed by atoms with Crippen molar-refractivity contribution in [2.45, 2.75) is 10.1 Å². The van der Waals surface area contributed by atoms with Gasteiger partial charge in [0.15, 0.2) is 11.0 Å². The molecule has 0 saturated heterocycles. The van der Waals surface area contributed by atoms with Gasteiger partial charge in [0.1, 0.15) is 5.82 Å². The van der Waals surface area contributed by atoms with Gasteiger partial charge in [-0.2, -0.15) is 0 Å². The molecular weight excluding hydrogens is 443 g/mol. The molecule has 32 heavy (non-hydrogen) atoms. The number of benzene rings is 3. The fraction of sp³-hybridized carbons (Fsp3) is 0.125. The first-order chi connectivity index (χ1) is 15.7. The first-order valence-electron chi connectivity index (χ1n) is 10.0. The zero-order valence-electron chi connectivity index (χ0n) is 17.1. The molecule has 0 aliphatic carbocycles. The molecule has 0 radical (unpaired) electrons. The van der Waals surface area contributed by atoms with E-state index in [0.717, 1.165) is 17.0 Å². The first-order valence-corrected chi connectivity index (χ1v) is 12.0. The largest absolute Gasteiger partial charge is 0.355 e. The van der Waals surface area contributed by atoms with Crippen molar-refractivity contribution < 1.29 is 9.18 Å². The van der Waals surface area contributed by atoms with E-state index in [4.69, 9.17) is 0 Å². The summed E-state index contributed by atoms with van der Waals surface area (Å²) in [5.74, 6) is 1.25. The number of halogens is 1. The molecule has 4 rings (SSSR count). The lowest BCUT2D eigenvalue weighted by Gasteiger charge is -2.10. The van der Waals surface area contributed by atoms with Gasteiger partial charge in [0.25, 0.3) is 0 Å². The van der Waals surface area contributed by atoms with Crippen LogP contribution < -0.4 is 5.32 Å². The van der Waals surface area contributed by atoms with E-state index in [1.165, 1.54) is 28.8 Å². The van der Waals surface area contributed by atoms with Gasteiger partial charge < -0.3 is 5.32 Å². The lowest BCUT2D eigenvalue weighted by Crippen LogP contribution is -2.27. The average Bonchev–Trinajstić information content (AvgIpc) is 3.26. The Morgan fingerprint density at radius 1 is 0.875 bits per heavy atom. The Morgan fingerprint density at radius 3 is 2.28 bits per heavy atom. The van der Waals surface area contributed by atoms with Crippen LogP contribution in [0.4, 0.5) is 4.39 Å². The van der Waals surface area contributed by atoms with Crippen molar-refractivity contribution in [3.63, 3.8) is 0 Å². The summed E-state index contributed by atoms with van der Waals surface area (Å²) in [6.45, 7) is 0.588. The van der Waals surface area contributed by atoms with E-state index in [2.05, 4.69) is 27.6 Å². The van der Waals surface area contributed by atoms with Gasteiger partial charge in [-0.25, -0.2) is 4.39 Å². The molecule has 8 heteroatoms. The third-order valence-corrected chi connectivity index (χ3v) is 6.46. The molecule has 3 aromatic carbocycles. The Balaban J connectivity index is 1.41. The van der Waals surface area contributed by atoms with Crippen LogP contribution in [0.3, 0.4) is 0 Å². The van der Waals surface area contributed by atoms with Gasteiger partial charge in [-0.3, -0.25) is 9.36 Å². The molecule has 5 nitrogen and oxygen atoms in total. The summed E-state index contributed by atoms with van der Waals surface area (Å²) < 4.78 is 15.3. The van der Waals surface area contributed by atoms with Crippen LogP contribution in [0.25, 0.3) is 17.1 Å². The molecule has 0 aliphatic heterocycles. The second kappa shape index (κ2) is 11.0. The van der Waals surface area contributed by atoms with Crippen LogP contribution in [-0.2, 0) is 4.79 Å². The summed E-state index contributed by atoms with van der Waals surface area (Å²) in [7, 11) is 0. The van der Waals surface area contributed by atoms with Crippen LogP contribution in [0, 0.1) is 5.82 Å². The number of para-hydroxylation sites is 1. The number of carbonyl (C=O) groups is 1. The van der Waals surface area contributed by atoms with Crippen LogP contribution in [0.15, 0.2) is 95.0 Å². The summed E-state index contributed by atoms with van der Waals surface area (Å²) >= 11 is 3.02. The van der Waals surface area contributed by atoms with Gasteiger partial charge >= 0.3 is 0 Å². The quantitative estimate of drug-likeness (QED) is 0.277. The second-order valence-electron chi connectivity index (χ2n) is 6.78. The summed E-state index contributed by atoms with van der Waals surface area (Å²) in [6.07, 6.45) is 0. The summed E-state index contributed by atoms with van der Waals surface area (Å²) in [6, 6.07) is 25.9. The van der Waals surface area contributed by atoms with E-state index in [1.54, 1.807) is 23.9 Å². The monoisotopic (exact) mass is 464 g/mol. The zero-order valence-corrected chi connectivity index (χ0v) is 18.8. The van der Waals surface area contributed by atoms with Crippen LogP contribution in [0.1, 0.15) is 0 Å². The summed E-state index contributed by atoms with van der Waals surface area (Å²) in [5.41, 5.74) is 1.62. The number of rotatable bonds is 9. The zero-order chi connectivity index (χ0) is 22.2. The molecule has 162 valence electrons. The molecule has 0 spiro atoms. The van der Waals surface area contributed by atoms with Crippen molar-refractivity contribution in [2.24, 2.45) is 0 Å². The van der Waals surface area contributed by atoms with E-state index in [1.807, 2.05) is 53.1 Å². The minimum absolute atomic E-state index is 0.0606. The molecule has 4 aromatic rings. The highest BCUT2D eigenvalue weighted by Gasteiger charge is 2.17. The number of thioether (sulfide) groups is 2. The van der Waals surface area contributed by atoms with Gasteiger partial charge in [-0.1, -0.05) is 48.2 Å². The van der Waals surface area contributed by atoms with E-state index in [0.29, 0.717) is 17.5 Å². The Morgan fingerprint density at radius 2 is 1.56 bits per heavy atom. The van der Waals surface area contributed by atoms with Crippen LogP contribution in [-0.4, -0.2) is 38.7 Å². The molecule has 0 saturated carbocycles. The van der Waals surface area contributed by atoms with Gasteiger partial charge in [0.05, 0.1) is 5.75 Å². The lowest BCUT2D eigenvalue weighted by atomic mass is 10.2. The Hall–Kier alpha value is -3.10. The molecule has 1 heterocycles. The van der Waals surface area contributed by atoms with Crippen molar-refractivity contribution in [2.75, 3.05) is 18.1 Å². The van der Waals surface area contributed by atoms with Crippen LogP contribution in [0.2, 0.25) is 0 Å². The number of amides is 1. The topological polar surface area (TPSA) is 59.8 Å². The molecule has 1 amide bonds. The molecule has 1 N–H and O–H groups in total. The molecule has 0 fully saturated rings. The molecule has 0 atom stereocenters. The number of hydrogen-bond donors (Lipinski definition) is 1. The highest BCUT2D eigenvalue weighted by Crippen LogP contribution is 2.28. The highest BCUT2D eigenvalue weighted by atomic mass is 32.2. The Bertz CT molecular complexity index is 1150. The first kappa shape index (κ1) is 22.1. The van der Waals surface area contributed by atoms with E-state index < -0.39 is 0 Å². The number of carbonyl (C=O) groups excluding carboxylic acids is 1. The van der Waals surface area contributed by atoms with Crippen LogP contribution in [0.5, 0.6) is 0 Å². The normalized spacial score (nSPS) is 10.8. The van der Waals surface area contributed by atoms with Crippen molar-refractivity contribution in [3.05, 3.63) is 90.7 Å². The number of nitrogens with zero attached hydrogens (tertiary/aromatic N) is 3. The third kappa shape index (κ3) is 5.77. The third-order valence-electron chi connectivity index (χ3n) is 4.52. The van der Waals surface area contributed by atoms with E-state index in [-0.39, 0.29) is 17.5 Å². The van der Waals surface area contributed by atoms with Crippen molar-refractivity contribution >= 4 is 29.4 Å². The fourth-order valence-electron chi connectivity index (χ4n) is 3.02. The maximum atomic E-state index is 13.4. The summed E-state index contributed by atoms with van der Waals surface area (Å²) in [5, 5.41) is 12.2.